The highest BCUT2D eigenvalue weighted by atomic mass is 31.2. The molecule has 1 fully saturated rings. The van der Waals surface area contributed by atoms with Crippen LogP contribution in [0.5, 0.6) is 0 Å². The summed E-state index contributed by atoms with van der Waals surface area (Å²) in [6.45, 7) is -0.676. The molecule has 0 aromatic carbocycles. The topological polar surface area (TPSA) is 170 Å². The number of aliphatic hydroxyl groups is 1. The van der Waals surface area contributed by atoms with Crippen LogP contribution in [-0.2, 0) is 13.8 Å². The highest BCUT2D eigenvalue weighted by Crippen LogP contribution is 2.32. The fourth-order valence-electron chi connectivity index (χ4n) is 2.51. The van der Waals surface area contributed by atoms with E-state index in [4.69, 9.17) is 9.15 Å². The van der Waals surface area contributed by atoms with Crippen molar-refractivity contribution < 1.29 is 33.1 Å². The molecule has 0 spiro atoms. The molecule has 3 heterocycles. The second-order valence-corrected chi connectivity index (χ2v) is 6.51. The summed E-state index contributed by atoms with van der Waals surface area (Å²) >= 11 is 0. The molecule has 2 aromatic rings. The Bertz CT molecular complexity index is 897. The number of hydrogen-bond acceptors (Lipinski definition) is 9. The van der Waals surface area contributed by atoms with Gasteiger partial charge in [0.05, 0.1) is 32.4 Å². The van der Waals surface area contributed by atoms with Crippen molar-refractivity contribution in [3.05, 3.63) is 45.4 Å². The van der Waals surface area contributed by atoms with E-state index in [1.54, 1.807) is 6.07 Å². The average Bonchev–Trinajstić information content (AvgIpc) is 3.14. The first kappa shape index (κ1) is 17.8. The number of aromatic nitrogens is 2. The standard InChI is InChI=1S/C13H15N2O9P/c16-8-4-11(24-10(8)6-23-25(19,20)21)15-5-7(9-2-1-3-22-9)12(17)14-13(15)18/h1-3,5,8,10-11,16H,4,6H2,(H,14,17,18)(H2,19,20,21)/p-2/t8-,10+,11+/m0/s1. The Hall–Kier alpha value is -2.01. The van der Waals surface area contributed by atoms with Crippen LogP contribution in [0.25, 0.3) is 11.3 Å². The molecule has 1 aliphatic rings. The number of rotatable bonds is 5. The molecule has 1 aliphatic heterocycles. The van der Waals surface area contributed by atoms with Crippen LogP contribution >= 0.6 is 7.82 Å². The molecular formula is C13H13N2O9P-2. The van der Waals surface area contributed by atoms with Gasteiger partial charge in [0, 0.05) is 12.6 Å². The van der Waals surface area contributed by atoms with Crippen LogP contribution in [0.1, 0.15) is 12.6 Å². The number of H-pyrrole nitrogens is 1. The first-order valence-electron chi connectivity index (χ1n) is 7.14. The average molecular weight is 372 g/mol. The van der Waals surface area contributed by atoms with Gasteiger partial charge in [-0.2, -0.15) is 0 Å². The van der Waals surface area contributed by atoms with Gasteiger partial charge in [-0.05, 0) is 12.1 Å². The summed E-state index contributed by atoms with van der Waals surface area (Å²) in [4.78, 5) is 47.1. The molecule has 0 aliphatic carbocycles. The quantitative estimate of drug-likeness (QED) is 0.580. The molecular weight excluding hydrogens is 359 g/mol. The first-order valence-corrected chi connectivity index (χ1v) is 8.60. The fraction of sp³-hybridized carbons (Fsp3) is 0.385. The van der Waals surface area contributed by atoms with E-state index in [2.05, 4.69) is 9.51 Å². The number of phosphoric ester groups is 1. The van der Waals surface area contributed by atoms with Gasteiger partial charge in [-0.1, -0.05) is 0 Å². The van der Waals surface area contributed by atoms with Gasteiger partial charge in [-0.3, -0.25) is 14.3 Å². The van der Waals surface area contributed by atoms with E-state index in [0.717, 1.165) is 4.57 Å². The van der Waals surface area contributed by atoms with Crippen molar-refractivity contribution in [2.75, 3.05) is 6.61 Å². The summed E-state index contributed by atoms with van der Waals surface area (Å²) in [5.74, 6) is 0.229. The smallest absolute Gasteiger partial charge is 0.330 e. The van der Waals surface area contributed by atoms with E-state index in [1.165, 1.54) is 18.5 Å². The van der Waals surface area contributed by atoms with Gasteiger partial charge in [0.1, 0.15) is 18.1 Å². The van der Waals surface area contributed by atoms with Crippen molar-refractivity contribution in [1.29, 1.82) is 0 Å². The van der Waals surface area contributed by atoms with Crippen molar-refractivity contribution in [2.24, 2.45) is 0 Å². The minimum Gasteiger partial charge on any atom is -0.790 e. The predicted octanol–water partition coefficient (Wildman–Crippen LogP) is -1.71. The van der Waals surface area contributed by atoms with E-state index in [-0.39, 0.29) is 17.7 Å². The van der Waals surface area contributed by atoms with Crippen molar-refractivity contribution in [3.63, 3.8) is 0 Å². The van der Waals surface area contributed by atoms with Gasteiger partial charge < -0.3 is 33.1 Å². The molecule has 0 saturated carbocycles. The lowest BCUT2D eigenvalue weighted by atomic mass is 10.2. The van der Waals surface area contributed by atoms with Crippen LogP contribution in [-0.4, -0.2) is 33.5 Å². The van der Waals surface area contributed by atoms with E-state index in [0.29, 0.717) is 0 Å². The zero-order valence-corrected chi connectivity index (χ0v) is 13.5. The highest BCUT2D eigenvalue weighted by Gasteiger charge is 2.36. The lowest BCUT2D eigenvalue weighted by Gasteiger charge is -2.30. The summed E-state index contributed by atoms with van der Waals surface area (Å²) < 4.78 is 26.2. The van der Waals surface area contributed by atoms with Gasteiger partial charge in [-0.25, -0.2) is 4.79 Å². The monoisotopic (exact) mass is 372 g/mol. The van der Waals surface area contributed by atoms with Crippen LogP contribution in [0.15, 0.2) is 38.6 Å². The lowest BCUT2D eigenvalue weighted by molar-refractivity contribution is -0.343. The SMILES string of the molecule is O=c1[nH]c(=O)n([C@H]2C[C@H](O)[C@@H](COP(=O)([O-])[O-])O2)cc1-c1ccco1. The Morgan fingerprint density at radius 3 is 2.84 bits per heavy atom. The fourth-order valence-corrected chi connectivity index (χ4v) is 2.84. The van der Waals surface area contributed by atoms with E-state index < -0.39 is 44.1 Å². The molecule has 0 unspecified atom stereocenters. The van der Waals surface area contributed by atoms with Crippen molar-refractivity contribution in [2.45, 2.75) is 24.9 Å². The maximum absolute atomic E-state index is 12.0. The van der Waals surface area contributed by atoms with Gasteiger partial charge >= 0.3 is 5.69 Å². The van der Waals surface area contributed by atoms with Gasteiger partial charge in [0.2, 0.25) is 0 Å². The molecule has 3 rings (SSSR count). The van der Waals surface area contributed by atoms with Gasteiger partial charge in [-0.15, -0.1) is 0 Å². The maximum atomic E-state index is 12.0. The van der Waals surface area contributed by atoms with Crippen LogP contribution in [0.3, 0.4) is 0 Å². The molecule has 2 N–H and O–H groups in total. The third-order valence-electron chi connectivity index (χ3n) is 3.67. The number of aromatic amines is 1. The van der Waals surface area contributed by atoms with E-state index >= 15 is 0 Å². The Morgan fingerprint density at radius 2 is 2.20 bits per heavy atom. The molecule has 0 amide bonds. The molecule has 11 nitrogen and oxygen atoms in total. The van der Waals surface area contributed by atoms with E-state index in [9.17, 15) is 29.0 Å². The molecule has 12 heteroatoms. The third kappa shape index (κ3) is 3.98. The van der Waals surface area contributed by atoms with Crippen molar-refractivity contribution in [3.8, 4) is 11.3 Å². The normalized spacial score (nSPS) is 23.9. The number of ether oxygens (including phenoxy) is 1. The van der Waals surface area contributed by atoms with E-state index in [1.807, 2.05) is 0 Å². The summed E-state index contributed by atoms with van der Waals surface area (Å²) in [5.41, 5.74) is -1.36. The predicted molar refractivity (Wildman–Crippen MR) is 77.1 cm³/mol. The van der Waals surface area contributed by atoms with Crippen LogP contribution < -0.4 is 21.0 Å². The Kier molecular flexibility index (Phi) is 4.78. The minimum absolute atomic E-state index is 0.0699. The molecule has 0 radical (unpaired) electrons. The number of furan rings is 1. The summed E-state index contributed by atoms with van der Waals surface area (Å²) in [7, 11) is -5.21. The van der Waals surface area contributed by atoms with Gasteiger partial charge in [0.15, 0.2) is 0 Å². The van der Waals surface area contributed by atoms with Crippen LogP contribution in [0.2, 0.25) is 0 Å². The largest absolute Gasteiger partial charge is 0.790 e. The number of phosphoric acid groups is 1. The second-order valence-electron chi connectivity index (χ2n) is 5.36. The van der Waals surface area contributed by atoms with Crippen LogP contribution in [0.4, 0.5) is 0 Å². The Morgan fingerprint density at radius 1 is 1.44 bits per heavy atom. The lowest BCUT2D eigenvalue weighted by Crippen LogP contribution is -2.33. The number of nitrogens with zero attached hydrogens (tertiary/aromatic N) is 1. The van der Waals surface area contributed by atoms with Crippen LogP contribution in [0, 0.1) is 0 Å². The molecule has 1 saturated heterocycles. The minimum atomic E-state index is -5.21. The van der Waals surface area contributed by atoms with Gasteiger partial charge in [0.25, 0.3) is 5.56 Å². The molecule has 136 valence electrons. The summed E-state index contributed by atoms with van der Waals surface area (Å²) in [6, 6.07) is 3.10. The van der Waals surface area contributed by atoms with Crippen molar-refractivity contribution >= 4 is 7.82 Å². The Labute approximate surface area is 139 Å². The summed E-state index contributed by atoms with van der Waals surface area (Å²) in [6.07, 6.45) is -0.766. The first-order chi connectivity index (χ1) is 11.7. The second kappa shape index (κ2) is 6.71. The summed E-state index contributed by atoms with van der Waals surface area (Å²) in [5, 5.41) is 9.91. The maximum Gasteiger partial charge on any atom is 0.330 e. The zero-order chi connectivity index (χ0) is 18.2. The zero-order valence-electron chi connectivity index (χ0n) is 12.6. The molecule has 25 heavy (non-hydrogen) atoms. The third-order valence-corrected chi connectivity index (χ3v) is 4.13. The number of hydrogen-bond donors (Lipinski definition) is 2. The van der Waals surface area contributed by atoms with Crippen molar-refractivity contribution in [1.82, 2.24) is 9.55 Å². The Balaban J connectivity index is 1.85. The highest BCUT2D eigenvalue weighted by molar-refractivity contribution is 7.43. The number of nitrogens with one attached hydrogen (secondary N) is 1. The number of aliphatic hydroxyl groups excluding tert-OH is 1. The molecule has 2 aromatic heterocycles. The molecule has 3 atom stereocenters. The molecule has 0 bridgehead atoms.